The Morgan fingerprint density at radius 1 is 1.27 bits per heavy atom. The van der Waals surface area contributed by atoms with Gasteiger partial charge in [0, 0.05) is 25.8 Å². The van der Waals surface area contributed by atoms with E-state index in [0.717, 1.165) is 12.8 Å². The van der Waals surface area contributed by atoms with Gasteiger partial charge in [0.2, 0.25) is 10.0 Å². The molecular formula is C19H32N2O4S. The minimum absolute atomic E-state index is 0.0527. The van der Waals surface area contributed by atoms with E-state index in [2.05, 4.69) is 23.5 Å². The van der Waals surface area contributed by atoms with E-state index < -0.39 is 16.1 Å². The van der Waals surface area contributed by atoms with Crippen molar-refractivity contribution in [1.82, 2.24) is 10.0 Å². The maximum atomic E-state index is 12.6. The summed E-state index contributed by atoms with van der Waals surface area (Å²) in [7, 11) is -3.61. The van der Waals surface area contributed by atoms with Crippen LogP contribution in [0.5, 0.6) is 0 Å². The van der Waals surface area contributed by atoms with Gasteiger partial charge in [-0.15, -0.1) is 6.58 Å². The maximum absolute atomic E-state index is 12.6. The molecule has 3 N–H and O–H groups in total. The fourth-order valence-electron chi connectivity index (χ4n) is 2.46. The molecule has 0 spiro atoms. The highest BCUT2D eigenvalue weighted by Crippen LogP contribution is 2.08. The van der Waals surface area contributed by atoms with Gasteiger partial charge in [-0.05, 0) is 31.4 Å². The van der Waals surface area contributed by atoms with Crippen molar-refractivity contribution in [2.45, 2.75) is 49.6 Å². The first-order valence-corrected chi connectivity index (χ1v) is 10.6. The van der Waals surface area contributed by atoms with Gasteiger partial charge in [0.1, 0.15) is 0 Å². The molecule has 26 heavy (non-hydrogen) atoms. The molecule has 0 bridgehead atoms. The molecule has 6 nitrogen and oxygen atoms in total. The lowest BCUT2D eigenvalue weighted by Crippen LogP contribution is -2.47. The molecule has 1 aromatic carbocycles. The SMILES string of the molecule is C=CC[C@H](CCO)NC[C@H](COCCCC)NS(=O)(=O)c1ccccc1. The number of unbranched alkanes of at least 4 members (excludes halogenated alkanes) is 1. The van der Waals surface area contributed by atoms with Crippen LogP contribution in [0.25, 0.3) is 0 Å². The first kappa shape index (κ1) is 22.8. The van der Waals surface area contributed by atoms with Crippen LogP contribution in [-0.2, 0) is 14.8 Å². The Labute approximate surface area is 157 Å². The second-order valence-corrected chi connectivity index (χ2v) is 7.92. The number of aliphatic hydroxyl groups is 1. The van der Waals surface area contributed by atoms with Crippen LogP contribution in [0.3, 0.4) is 0 Å². The monoisotopic (exact) mass is 384 g/mol. The van der Waals surface area contributed by atoms with Crippen LogP contribution in [0.15, 0.2) is 47.9 Å². The highest BCUT2D eigenvalue weighted by Gasteiger charge is 2.21. The van der Waals surface area contributed by atoms with E-state index in [4.69, 9.17) is 9.84 Å². The van der Waals surface area contributed by atoms with E-state index in [1.54, 1.807) is 36.4 Å². The van der Waals surface area contributed by atoms with Crippen molar-refractivity contribution in [3.63, 3.8) is 0 Å². The largest absolute Gasteiger partial charge is 0.396 e. The van der Waals surface area contributed by atoms with Crippen molar-refractivity contribution in [1.29, 1.82) is 0 Å². The van der Waals surface area contributed by atoms with Crippen molar-refractivity contribution in [2.24, 2.45) is 0 Å². The molecule has 0 amide bonds. The van der Waals surface area contributed by atoms with Crippen LogP contribution in [-0.4, -0.2) is 52.0 Å². The standard InChI is InChI=1S/C19H32N2O4S/c1-3-5-14-25-16-18(15-20-17(9-4-2)12-13-22)21-26(23,24)19-10-7-6-8-11-19/h4,6-8,10-11,17-18,20-22H,2-3,5,9,12-16H2,1H3/t17-,18-/m1/s1. The predicted molar refractivity (Wildman–Crippen MR) is 105 cm³/mol. The Balaban J connectivity index is 2.72. The number of nitrogens with one attached hydrogen (secondary N) is 2. The Kier molecular flexibility index (Phi) is 11.4. The Bertz CT molecular complexity index is 593. The van der Waals surface area contributed by atoms with Crippen molar-refractivity contribution in [3.8, 4) is 0 Å². The summed E-state index contributed by atoms with van der Waals surface area (Å²) in [6.07, 6.45) is 5.04. The number of hydrogen-bond donors (Lipinski definition) is 3. The normalized spacial score (nSPS) is 14.1. The molecule has 0 radical (unpaired) electrons. The molecular weight excluding hydrogens is 352 g/mol. The van der Waals surface area contributed by atoms with Gasteiger partial charge in [-0.25, -0.2) is 13.1 Å². The quantitative estimate of drug-likeness (QED) is 0.318. The van der Waals surface area contributed by atoms with Crippen molar-refractivity contribution < 1.29 is 18.3 Å². The second kappa shape index (κ2) is 13.0. The molecule has 0 fully saturated rings. The van der Waals surface area contributed by atoms with Gasteiger partial charge >= 0.3 is 0 Å². The van der Waals surface area contributed by atoms with Crippen LogP contribution in [0, 0.1) is 0 Å². The second-order valence-electron chi connectivity index (χ2n) is 6.20. The fraction of sp³-hybridized carbons (Fsp3) is 0.579. The van der Waals surface area contributed by atoms with E-state index >= 15 is 0 Å². The Hall–Kier alpha value is -1.25. The molecule has 1 rings (SSSR count). The van der Waals surface area contributed by atoms with Gasteiger partial charge in [0.15, 0.2) is 0 Å². The molecule has 0 unspecified atom stereocenters. The van der Waals surface area contributed by atoms with Crippen LogP contribution in [0.2, 0.25) is 0 Å². The lowest BCUT2D eigenvalue weighted by Gasteiger charge is -2.23. The molecule has 0 aliphatic rings. The number of sulfonamides is 1. The van der Waals surface area contributed by atoms with Crippen molar-refractivity contribution in [3.05, 3.63) is 43.0 Å². The molecule has 0 aliphatic carbocycles. The maximum Gasteiger partial charge on any atom is 0.240 e. The molecule has 0 aliphatic heterocycles. The Morgan fingerprint density at radius 3 is 2.62 bits per heavy atom. The summed E-state index contributed by atoms with van der Waals surface area (Å²) in [6.45, 7) is 7.18. The van der Waals surface area contributed by atoms with Crippen molar-refractivity contribution in [2.75, 3.05) is 26.4 Å². The molecule has 7 heteroatoms. The number of ether oxygens (including phenoxy) is 1. The molecule has 2 atom stereocenters. The number of benzene rings is 1. The van der Waals surface area contributed by atoms with Crippen LogP contribution < -0.4 is 10.0 Å². The summed E-state index contributed by atoms with van der Waals surface area (Å²) in [5.74, 6) is 0. The lowest BCUT2D eigenvalue weighted by molar-refractivity contribution is 0.113. The summed E-state index contributed by atoms with van der Waals surface area (Å²) in [4.78, 5) is 0.233. The van der Waals surface area contributed by atoms with Gasteiger partial charge in [-0.3, -0.25) is 0 Å². The molecule has 0 saturated heterocycles. The average molecular weight is 385 g/mol. The average Bonchev–Trinajstić information content (AvgIpc) is 2.64. The molecule has 148 valence electrons. The van der Waals surface area contributed by atoms with E-state index in [1.165, 1.54) is 0 Å². The minimum Gasteiger partial charge on any atom is -0.396 e. The number of rotatable bonds is 15. The summed E-state index contributed by atoms with van der Waals surface area (Å²) in [5.41, 5.74) is 0. The van der Waals surface area contributed by atoms with Crippen LogP contribution in [0.4, 0.5) is 0 Å². The van der Waals surface area contributed by atoms with Gasteiger partial charge in [0.25, 0.3) is 0 Å². The summed E-state index contributed by atoms with van der Waals surface area (Å²) >= 11 is 0. The summed E-state index contributed by atoms with van der Waals surface area (Å²) < 4.78 is 33.5. The summed E-state index contributed by atoms with van der Waals surface area (Å²) in [5, 5.41) is 12.5. The first-order chi connectivity index (χ1) is 12.5. The first-order valence-electron chi connectivity index (χ1n) is 9.13. The zero-order valence-corrected chi connectivity index (χ0v) is 16.4. The number of hydrogen-bond acceptors (Lipinski definition) is 5. The summed E-state index contributed by atoms with van der Waals surface area (Å²) in [6, 6.07) is 7.95. The molecule has 0 saturated carbocycles. The molecule has 0 aromatic heterocycles. The third kappa shape index (κ3) is 8.91. The van der Waals surface area contributed by atoms with Crippen LogP contribution in [0.1, 0.15) is 32.6 Å². The predicted octanol–water partition coefficient (Wildman–Crippen LogP) is 2.07. The van der Waals surface area contributed by atoms with Gasteiger partial charge in [0.05, 0.1) is 17.5 Å². The Morgan fingerprint density at radius 2 is 2.00 bits per heavy atom. The third-order valence-corrected chi connectivity index (χ3v) is 5.45. The highest BCUT2D eigenvalue weighted by atomic mass is 32.2. The van der Waals surface area contributed by atoms with E-state index in [9.17, 15) is 8.42 Å². The zero-order valence-electron chi connectivity index (χ0n) is 15.6. The van der Waals surface area contributed by atoms with E-state index in [1.807, 2.05) is 0 Å². The van der Waals surface area contributed by atoms with E-state index in [-0.39, 0.29) is 17.5 Å². The van der Waals surface area contributed by atoms with Gasteiger partial charge in [-0.1, -0.05) is 37.6 Å². The van der Waals surface area contributed by atoms with E-state index in [0.29, 0.717) is 32.6 Å². The zero-order chi connectivity index (χ0) is 19.3. The number of aliphatic hydroxyl groups excluding tert-OH is 1. The molecule has 0 heterocycles. The lowest BCUT2D eigenvalue weighted by atomic mass is 10.1. The van der Waals surface area contributed by atoms with Gasteiger partial charge in [-0.2, -0.15) is 0 Å². The third-order valence-electron chi connectivity index (χ3n) is 3.92. The smallest absolute Gasteiger partial charge is 0.240 e. The minimum atomic E-state index is -3.61. The molecule has 1 aromatic rings. The van der Waals surface area contributed by atoms with Gasteiger partial charge < -0.3 is 15.2 Å². The topological polar surface area (TPSA) is 87.7 Å². The highest BCUT2D eigenvalue weighted by molar-refractivity contribution is 7.89. The van der Waals surface area contributed by atoms with Crippen LogP contribution >= 0.6 is 0 Å². The fourth-order valence-corrected chi connectivity index (χ4v) is 3.70. The van der Waals surface area contributed by atoms with Crippen molar-refractivity contribution >= 4 is 10.0 Å².